The van der Waals surface area contributed by atoms with Crippen LogP contribution >= 0.6 is 35.0 Å². The highest BCUT2D eigenvalue weighted by Crippen LogP contribution is 2.35. The van der Waals surface area contributed by atoms with Crippen LogP contribution in [0, 0.1) is 0 Å². The average Bonchev–Trinajstić information content (AvgIpc) is 2.34. The highest BCUT2D eigenvalue weighted by molar-refractivity contribution is 8.00. The smallest absolute Gasteiger partial charge is 0.0640 e. The number of hydrogen-bond donors (Lipinski definition) is 1. The lowest BCUT2D eigenvalue weighted by Crippen LogP contribution is -2.44. The minimum absolute atomic E-state index is 0.150. The molecule has 19 heavy (non-hydrogen) atoms. The zero-order chi connectivity index (χ0) is 14.0. The van der Waals surface area contributed by atoms with Crippen molar-refractivity contribution in [3.63, 3.8) is 0 Å². The second-order valence-electron chi connectivity index (χ2n) is 5.11. The highest BCUT2D eigenvalue weighted by Gasteiger charge is 2.29. The molecule has 3 atom stereocenters. The van der Waals surface area contributed by atoms with E-state index in [0.717, 1.165) is 18.7 Å². The van der Waals surface area contributed by atoms with E-state index in [1.807, 2.05) is 30.0 Å². The van der Waals surface area contributed by atoms with Crippen molar-refractivity contribution in [2.45, 2.75) is 30.4 Å². The van der Waals surface area contributed by atoms with Crippen LogP contribution in [-0.2, 0) is 0 Å². The monoisotopic (exact) mass is 318 g/mol. The van der Waals surface area contributed by atoms with Gasteiger partial charge in [-0.2, -0.15) is 11.8 Å². The summed E-state index contributed by atoms with van der Waals surface area (Å²) in [5.41, 5.74) is 7.04. The van der Waals surface area contributed by atoms with E-state index in [1.54, 1.807) is 0 Å². The molecule has 2 rings (SSSR count). The molecule has 1 aromatic rings. The van der Waals surface area contributed by atoms with Crippen molar-refractivity contribution in [2.24, 2.45) is 5.73 Å². The highest BCUT2D eigenvalue weighted by atomic mass is 35.5. The van der Waals surface area contributed by atoms with Crippen molar-refractivity contribution in [3.05, 3.63) is 33.8 Å². The number of thioether (sulfide) groups is 1. The van der Waals surface area contributed by atoms with Gasteiger partial charge in [0.2, 0.25) is 0 Å². The fourth-order valence-electron chi connectivity index (χ4n) is 2.72. The maximum absolute atomic E-state index is 6.34. The third-order valence-electron chi connectivity index (χ3n) is 3.45. The van der Waals surface area contributed by atoms with E-state index in [4.69, 9.17) is 28.9 Å². The lowest BCUT2D eigenvalue weighted by atomic mass is 10.0. The van der Waals surface area contributed by atoms with Crippen LogP contribution in [-0.4, -0.2) is 35.0 Å². The van der Waals surface area contributed by atoms with E-state index in [9.17, 15) is 0 Å². The molecule has 3 unspecified atom stereocenters. The first kappa shape index (κ1) is 15.5. The van der Waals surface area contributed by atoms with Gasteiger partial charge in [0.05, 0.1) is 10.0 Å². The van der Waals surface area contributed by atoms with Gasteiger partial charge in [0, 0.05) is 36.2 Å². The van der Waals surface area contributed by atoms with Crippen molar-refractivity contribution < 1.29 is 0 Å². The van der Waals surface area contributed by atoms with Gasteiger partial charge in [-0.25, -0.2) is 0 Å². The Hall–Kier alpha value is 0.0700. The SMILES string of the molecule is CC1CN(C(CN)c2cccc(Cl)c2Cl)CC(C)S1. The summed E-state index contributed by atoms with van der Waals surface area (Å²) in [6.07, 6.45) is 0. The van der Waals surface area contributed by atoms with Gasteiger partial charge in [0.1, 0.15) is 0 Å². The third kappa shape index (κ3) is 3.59. The molecule has 1 aliphatic heterocycles. The zero-order valence-electron chi connectivity index (χ0n) is 11.3. The summed E-state index contributed by atoms with van der Waals surface area (Å²) in [4.78, 5) is 2.43. The first-order chi connectivity index (χ1) is 9.02. The predicted molar refractivity (Wildman–Crippen MR) is 86.3 cm³/mol. The van der Waals surface area contributed by atoms with Crippen LogP contribution in [0.1, 0.15) is 25.5 Å². The molecule has 0 saturated carbocycles. The Morgan fingerprint density at radius 2 is 1.95 bits per heavy atom. The van der Waals surface area contributed by atoms with Crippen LogP contribution in [0.15, 0.2) is 18.2 Å². The molecule has 2 nitrogen and oxygen atoms in total. The molecule has 1 aromatic carbocycles. The molecule has 0 radical (unpaired) electrons. The maximum atomic E-state index is 6.34. The average molecular weight is 319 g/mol. The summed E-state index contributed by atoms with van der Waals surface area (Å²) in [7, 11) is 0. The van der Waals surface area contributed by atoms with Gasteiger partial charge in [-0.1, -0.05) is 49.2 Å². The van der Waals surface area contributed by atoms with Crippen molar-refractivity contribution in [1.82, 2.24) is 4.90 Å². The Kier molecular flexibility index (Phi) is 5.44. The molecule has 2 N–H and O–H groups in total. The minimum Gasteiger partial charge on any atom is -0.329 e. The van der Waals surface area contributed by atoms with Crippen LogP contribution in [0.4, 0.5) is 0 Å². The van der Waals surface area contributed by atoms with Crippen LogP contribution < -0.4 is 5.73 Å². The molecule has 5 heteroatoms. The van der Waals surface area contributed by atoms with E-state index < -0.39 is 0 Å². The molecule has 0 spiro atoms. The maximum Gasteiger partial charge on any atom is 0.0640 e. The summed E-state index contributed by atoms with van der Waals surface area (Å²) in [6, 6.07) is 5.94. The number of nitrogens with two attached hydrogens (primary N) is 1. The van der Waals surface area contributed by atoms with Crippen LogP contribution in [0.5, 0.6) is 0 Å². The van der Waals surface area contributed by atoms with Gasteiger partial charge in [0.25, 0.3) is 0 Å². The van der Waals surface area contributed by atoms with Crippen molar-refractivity contribution >= 4 is 35.0 Å². The number of rotatable bonds is 3. The molecular weight excluding hydrogens is 299 g/mol. The second kappa shape index (κ2) is 6.68. The van der Waals surface area contributed by atoms with E-state index in [1.165, 1.54) is 0 Å². The predicted octanol–water partition coefficient (Wildman–Crippen LogP) is 3.82. The quantitative estimate of drug-likeness (QED) is 0.918. The summed E-state index contributed by atoms with van der Waals surface area (Å²) >= 11 is 14.5. The summed E-state index contributed by atoms with van der Waals surface area (Å²) in [5, 5.41) is 2.48. The van der Waals surface area contributed by atoms with Crippen molar-refractivity contribution in [1.29, 1.82) is 0 Å². The van der Waals surface area contributed by atoms with E-state index in [2.05, 4.69) is 18.7 Å². The molecule has 1 fully saturated rings. The van der Waals surface area contributed by atoms with Gasteiger partial charge in [-0.05, 0) is 11.6 Å². The number of nitrogens with zero attached hydrogens (tertiary/aromatic N) is 1. The second-order valence-corrected chi connectivity index (χ2v) is 7.77. The van der Waals surface area contributed by atoms with Crippen molar-refractivity contribution in [2.75, 3.05) is 19.6 Å². The number of benzene rings is 1. The molecule has 1 heterocycles. The molecule has 0 bridgehead atoms. The van der Waals surface area contributed by atoms with E-state index in [-0.39, 0.29) is 6.04 Å². The topological polar surface area (TPSA) is 29.3 Å². The lowest BCUT2D eigenvalue weighted by molar-refractivity contribution is 0.199. The van der Waals surface area contributed by atoms with Crippen molar-refractivity contribution in [3.8, 4) is 0 Å². The molecule has 106 valence electrons. The molecule has 0 aliphatic carbocycles. The van der Waals surface area contributed by atoms with E-state index in [0.29, 0.717) is 27.1 Å². The lowest BCUT2D eigenvalue weighted by Gasteiger charge is -2.39. The Morgan fingerprint density at radius 1 is 1.32 bits per heavy atom. The van der Waals surface area contributed by atoms with Crippen LogP contribution in [0.25, 0.3) is 0 Å². The first-order valence-electron chi connectivity index (χ1n) is 6.56. The summed E-state index contributed by atoms with van der Waals surface area (Å²) in [5.74, 6) is 0. The van der Waals surface area contributed by atoms with Gasteiger partial charge in [-0.15, -0.1) is 0 Å². The van der Waals surface area contributed by atoms with Gasteiger partial charge in [-0.3, -0.25) is 4.90 Å². The van der Waals surface area contributed by atoms with Gasteiger partial charge < -0.3 is 5.73 Å². The zero-order valence-corrected chi connectivity index (χ0v) is 13.6. The van der Waals surface area contributed by atoms with Crippen LogP contribution in [0.3, 0.4) is 0 Å². The third-order valence-corrected chi connectivity index (χ3v) is 5.51. The normalized spacial score (nSPS) is 26.4. The minimum atomic E-state index is 0.150. The largest absolute Gasteiger partial charge is 0.329 e. The number of hydrogen-bond acceptors (Lipinski definition) is 3. The Labute approximate surface area is 129 Å². The first-order valence-corrected chi connectivity index (χ1v) is 8.26. The molecule has 0 amide bonds. The molecular formula is C14H20Cl2N2S. The standard InChI is InChI=1S/C14H20Cl2N2S/c1-9-7-18(8-10(2)19-9)13(6-17)11-4-3-5-12(15)14(11)16/h3-5,9-10,13H,6-8,17H2,1-2H3. The Bertz CT molecular complexity index is 431. The molecule has 1 aliphatic rings. The molecule has 1 saturated heterocycles. The summed E-state index contributed by atoms with van der Waals surface area (Å²) < 4.78 is 0. The Balaban J connectivity index is 2.26. The van der Waals surface area contributed by atoms with Gasteiger partial charge >= 0.3 is 0 Å². The van der Waals surface area contributed by atoms with Crippen LogP contribution in [0.2, 0.25) is 10.0 Å². The van der Waals surface area contributed by atoms with Gasteiger partial charge in [0.15, 0.2) is 0 Å². The Morgan fingerprint density at radius 3 is 2.53 bits per heavy atom. The summed E-state index contributed by atoms with van der Waals surface area (Å²) in [6.45, 7) is 7.17. The molecule has 0 aromatic heterocycles. The van der Waals surface area contributed by atoms with E-state index >= 15 is 0 Å². The fraction of sp³-hybridized carbons (Fsp3) is 0.571. The fourth-order valence-corrected chi connectivity index (χ4v) is 4.50. The number of halogens is 2.